The number of carbonyl (C=O) groups is 1. The van der Waals surface area contributed by atoms with Crippen molar-refractivity contribution < 1.29 is 13.9 Å². The van der Waals surface area contributed by atoms with Gasteiger partial charge in [0.2, 0.25) is 0 Å². The highest BCUT2D eigenvalue weighted by atomic mass is 19.1. The van der Waals surface area contributed by atoms with Crippen molar-refractivity contribution >= 4 is 16.7 Å². The number of hydrogen-bond acceptors (Lipinski definition) is 4. The molecular weight excluding hydrogens is 397 g/mol. The number of aromatic nitrogens is 2. The van der Waals surface area contributed by atoms with Gasteiger partial charge < -0.3 is 10.1 Å². The Balaban J connectivity index is 1.75. The van der Waals surface area contributed by atoms with Crippen molar-refractivity contribution in [3.05, 3.63) is 100 Å². The van der Waals surface area contributed by atoms with Gasteiger partial charge in [-0.3, -0.25) is 9.59 Å². The predicted molar refractivity (Wildman–Crippen MR) is 116 cm³/mol. The van der Waals surface area contributed by atoms with Gasteiger partial charge in [0.05, 0.1) is 24.2 Å². The van der Waals surface area contributed by atoms with Crippen LogP contribution in [0.25, 0.3) is 16.5 Å². The average Bonchev–Trinajstić information content (AvgIpc) is 2.80. The first-order valence-corrected chi connectivity index (χ1v) is 9.71. The minimum absolute atomic E-state index is 0.111. The maximum absolute atomic E-state index is 14.1. The number of rotatable bonds is 5. The van der Waals surface area contributed by atoms with Crippen LogP contribution in [0.2, 0.25) is 0 Å². The van der Waals surface area contributed by atoms with E-state index >= 15 is 0 Å². The first-order chi connectivity index (χ1) is 15.0. The van der Waals surface area contributed by atoms with Gasteiger partial charge in [-0.25, -0.2) is 4.39 Å². The third kappa shape index (κ3) is 3.90. The lowest BCUT2D eigenvalue weighted by Crippen LogP contribution is -2.31. The summed E-state index contributed by atoms with van der Waals surface area (Å²) in [5.41, 5.74) is 0.924. The molecular formula is C24H20FN3O3. The van der Waals surface area contributed by atoms with Crippen LogP contribution in [-0.2, 0) is 0 Å². The quantitative estimate of drug-likeness (QED) is 0.532. The molecule has 1 amide bonds. The monoisotopic (exact) mass is 417 g/mol. The van der Waals surface area contributed by atoms with E-state index in [9.17, 15) is 14.0 Å². The summed E-state index contributed by atoms with van der Waals surface area (Å²) in [4.78, 5) is 26.1. The number of hydrogen-bond donors (Lipinski definition) is 1. The molecule has 0 bridgehead atoms. The fourth-order valence-corrected chi connectivity index (χ4v) is 3.40. The summed E-state index contributed by atoms with van der Waals surface area (Å²) in [6.07, 6.45) is 0. The number of ether oxygens (including phenoxy) is 1. The van der Waals surface area contributed by atoms with Crippen LogP contribution in [0.1, 0.15) is 29.0 Å². The van der Waals surface area contributed by atoms with Crippen molar-refractivity contribution in [1.29, 1.82) is 0 Å². The number of fused-ring (bicyclic) bond motifs is 1. The van der Waals surface area contributed by atoms with Gasteiger partial charge in [-0.05, 0) is 42.8 Å². The SMILES string of the molecule is COc1ccc([C@H](C)NC(=O)c2nn(-c3ccccc3)c(=O)c3ccccc23)cc1F. The number of amides is 1. The van der Waals surface area contributed by atoms with E-state index in [2.05, 4.69) is 10.4 Å². The highest BCUT2D eigenvalue weighted by molar-refractivity contribution is 6.05. The van der Waals surface area contributed by atoms with E-state index in [1.54, 1.807) is 61.5 Å². The number of para-hydroxylation sites is 1. The third-order valence-corrected chi connectivity index (χ3v) is 5.04. The van der Waals surface area contributed by atoms with Gasteiger partial charge in [0.1, 0.15) is 0 Å². The van der Waals surface area contributed by atoms with Crippen molar-refractivity contribution in [1.82, 2.24) is 15.1 Å². The van der Waals surface area contributed by atoms with E-state index in [4.69, 9.17) is 4.74 Å². The number of benzene rings is 3. The maximum atomic E-state index is 14.1. The molecule has 0 aliphatic heterocycles. The summed E-state index contributed by atoms with van der Waals surface area (Å²) in [5.74, 6) is -0.850. The number of methoxy groups -OCH3 is 1. The summed E-state index contributed by atoms with van der Waals surface area (Å²) in [6.45, 7) is 1.74. The fraction of sp³-hybridized carbons (Fsp3) is 0.125. The first kappa shape index (κ1) is 20.3. The van der Waals surface area contributed by atoms with Crippen molar-refractivity contribution in [2.24, 2.45) is 0 Å². The minimum atomic E-state index is -0.512. The Kier molecular flexibility index (Phi) is 5.49. The van der Waals surface area contributed by atoms with E-state index < -0.39 is 17.8 Å². The van der Waals surface area contributed by atoms with Crippen LogP contribution in [0.3, 0.4) is 0 Å². The second kappa shape index (κ2) is 8.39. The Morgan fingerprint density at radius 1 is 1.03 bits per heavy atom. The van der Waals surface area contributed by atoms with E-state index in [0.29, 0.717) is 22.0 Å². The summed E-state index contributed by atoms with van der Waals surface area (Å²) >= 11 is 0. The molecule has 0 fully saturated rings. The molecule has 1 aromatic heterocycles. The minimum Gasteiger partial charge on any atom is -0.494 e. The van der Waals surface area contributed by atoms with Crippen LogP contribution in [0.5, 0.6) is 5.75 Å². The van der Waals surface area contributed by atoms with E-state index in [-0.39, 0.29) is 17.0 Å². The average molecular weight is 417 g/mol. The van der Waals surface area contributed by atoms with Gasteiger partial charge in [-0.15, -0.1) is 0 Å². The maximum Gasteiger partial charge on any atom is 0.279 e. The molecule has 1 N–H and O–H groups in total. The predicted octanol–water partition coefficient (Wildman–Crippen LogP) is 4.02. The van der Waals surface area contributed by atoms with E-state index in [1.807, 2.05) is 6.07 Å². The molecule has 7 heteroatoms. The van der Waals surface area contributed by atoms with Crippen LogP contribution in [0.15, 0.2) is 77.6 Å². The first-order valence-electron chi connectivity index (χ1n) is 9.71. The number of halogens is 1. The van der Waals surface area contributed by atoms with Crippen molar-refractivity contribution in [3.8, 4) is 11.4 Å². The van der Waals surface area contributed by atoms with Crippen LogP contribution in [0, 0.1) is 5.82 Å². The molecule has 0 unspecified atom stereocenters. The zero-order valence-corrected chi connectivity index (χ0v) is 17.0. The summed E-state index contributed by atoms with van der Waals surface area (Å²) in [5, 5.41) is 8.04. The van der Waals surface area contributed by atoms with Crippen molar-refractivity contribution in [3.63, 3.8) is 0 Å². The second-order valence-corrected chi connectivity index (χ2v) is 7.04. The summed E-state index contributed by atoms with van der Waals surface area (Å²) in [6, 6.07) is 19.8. The molecule has 0 saturated heterocycles. The molecule has 4 aromatic rings. The molecule has 0 radical (unpaired) electrons. The van der Waals surface area contributed by atoms with E-state index in [1.165, 1.54) is 23.9 Å². The van der Waals surface area contributed by atoms with Gasteiger partial charge in [-0.2, -0.15) is 9.78 Å². The van der Waals surface area contributed by atoms with Gasteiger partial charge in [0.15, 0.2) is 17.3 Å². The molecule has 0 aliphatic rings. The van der Waals surface area contributed by atoms with Gasteiger partial charge in [0.25, 0.3) is 11.5 Å². The van der Waals surface area contributed by atoms with Gasteiger partial charge in [-0.1, -0.05) is 42.5 Å². The lowest BCUT2D eigenvalue weighted by molar-refractivity contribution is 0.0935. The second-order valence-electron chi connectivity index (χ2n) is 7.04. The Bertz CT molecular complexity index is 1320. The zero-order chi connectivity index (χ0) is 22.0. The van der Waals surface area contributed by atoms with Crippen LogP contribution < -0.4 is 15.6 Å². The number of carbonyl (C=O) groups excluding carboxylic acids is 1. The summed E-state index contributed by atoms with van der Waals surface area (Å²) < 4.78 is 20.2. The smallest absolute Gasteiger partial charge is 0.279 e. The lowest BCUT2D eigenvalue weighted by Gasteiger charge is -2.16. The van der Waals surface area contributed by atoms with Crippen molar-refractivity contribution in [2.45, 2.75) is 13.0 Å². The molecule has 6 nitrogen and oxygen atoms in total. The molecule has 0 aliphatic carbocycles. The molecule has 0 spiro atoms. The topological polar surface area (TPSA) is 73.2 Å². The highest BCUT2D eigenvalue weighted by Gasteiger charge is 2.20. The Morgan fingerprint density at radius 3 is 2.39 bits per heavy atom. The van der Waals surface area contributed by atoms with Gasteiger partial charge >= 0.3 is 0 Å². The fourth-order valence-electron chi connectivity index (χ4n) is 3.40. The molecule has 1 heterocycles. The lowest BCUT2D eigenvalue weighted by atomic mass is 10.1. The van der Waals surface area contributed by atoms with E-state index in [0.717, 1.165) is 0 Å². The van der Waals surface area contributed by atoms with Gasteiger partial charge in [0, 0.05) is 5.39 Å². The Hall–Kier alpha value is -4.00. The molecule has 3 aromatic carbocycles. The van der Waals surface area contributed by atoms with Crippen molar-refractivity contribution in [2.75, 3.05) is 7.11 Å². The molecule has 0 saturated carbocycles. The standard InChI is InChI=1S/C24H20FN3O3/c1-15(16-12-13-21(31-2)20(25)14-16)26-23(29)22-18-10-6-7-11-19(18)24(30)28(27-22)17-8-4-3-5-9-17/h3-15H,1-2H3,(H,26,29)/t15-/m0/s1. The van der Waals surface area contributed by atoms with Crippen LogP contribution in [0.4, 0.5) is 4.39 Å². The molecule has 1 atom stereocenters. The van der Waals surface area contributed by atoms with Crippen LogP contribution in [-0.4, -0.2) is 22.8 Å². The Morgan fingerprint density at radius 2 is 1.71 bits per heavy atom. The summed E-state index contributed by atoms with van der Waals surface area (Å²) in [7, 11) is 1.39. The normalized spacial score (nSPS) is 11.8. The highest BCUT2D eigenvalue weighted by Crippen LogP contribution is 2.22. The number of nitrogens with one attached hydrogen (secondary N) is 1. The van der Waals surface area contributed by atoms with Crippen LogP contribution >= 0.6 is 0 Å². The number of nitrogens with zero attached hydrogens (tertiary/aromatic N) is 2. The largest absolute Gasteiger partial charge is 0.494 e. The third-order valence-electron chi connectivity index (χ3n) is 5.04. The molecule has 156 valence electrons. The Labute approximate surface area is 177 Å². The zero-order valence-electron chi connectivity index (χ0n) is 17.0. The molecule has 31 heavy (non-hydrogen) atoms. The molecule has 4 rings (SSSR count).